The summed E-state index contributed by atoms with van der Waals surface area (Å²) < 4.78 is 5.37. The highest BCUT2D eigenvalue weighted by atomic mass is 16.5. The van der Waals surface area contributed by atoms with Crippen LogP contribution >= 0.6 is 0 Å². The molecule has 0 bridgehead atoms. The van der Waals surface area contributed by atoms with E-state index in [1.54, 1.807) is 7.11 Å². The van der Waals surface area contributed by atoms with Crippen molar-refractivity contribution in [2.45, 2.75) is 58.4 Å². The normalized spacial score (nSPS) is 21.1. The minimum atomic E-state index is 0. The van der Waals surface area contributed by atoms with Crippen LogP contribution in [0.4, 0.5) is 11.5 Å². The van der Waals surface area contributed by atoms with E-state index < -0.39 is 0 Å². The fourth-order valence-electron chi connectivity index (χ4n) is 5.86. The highest BCUT2D eigenvalue weighted by Gasteiger charge is 2.52. The summed E-state index contributed by atoms with van der Waals surface area (Å²) in [6, 6.07) is 18.9. The summed E-state index contributed by atoms with van der Waals surface area (Å²) in [7, 11) is 1.68. The van der Waals surface area contributed by atoms with Crippen molar-refractivity contribution < 1.29 is 11.0 Å². The van der Waals surface area contributed by atoms with Crippen molar-refractivity contribution in [2.75, 3.05) is 25.1 Å². The molecule has 3 aromatic rings. The van der Waals surface area contributed by atoms with E-state index in [2.05, 4.69) is 49.1 Å². The largest absolute Gasteiger partial charge is 0.497 e. The molecular weight excluding hydrogens is 446 g/mol. The Morgan fingerprint density at radius 3 is 2.50 bits per heavy atom. The van der Waals surface area contributed by atoms with Gasteiger partial charge in [-0.1, -0.05) is 39.0 Å². The Bertz CT molecular complexity index is 1260. The van der Waals surface area contributed by atoms with Gasteiger partial charge >= 0.3 is 0 Å². The number of amides is 1. The quantitative estimate of drug-likeness (QED) is 0.396. The number of hydrogen-bond donors (Lipinski definition) is 0. The lowest BCUT2D eigenvalue weighted by molar-refractivity contribution is 0.0744. The van der Waals surface area contributed by atoms with Crippen LogP contribution in [-0.2, 0) is 5.41 Å². The summed E-state index contributed by atoms with van der Waals surface area (Å²) in [6.07, 6.45) is 5.41. The monoisotopic (exact) mass is 485 g/mol. The molecule has 36 heavy (non-hydrogen) atoms. The van der Waals surface area contributed by atoms with Gasteiger partial charge in [0.15, 0.2) is 0 Å². The number of hydrogen-bond acceptors (Lipinski definition) is 4. The highest BCUT2D eigenvalue weighted by molar-refractivity contribution is 5.96. The predicted octanol–water partition coefficient (Wildman–Crippen LogP) is 7.08. The number of fused-ring (bicyclic) bond motifs is 2. The summed E-state index contributed by atoms with van der Waals surface area (Å²) in [6.45, 7) is 10.2. The van der Waals surface area contributed by atoms with Crippen LogP contribution in [-0.4, -0.2) is 42.0 Å². The molecule has 2 aromatic carbocycles. The molecule has 2 fully saturated rings. The topological polar surface area (TPSA) is 45.7 Å². The molecule has 1 aromatic heterocycles. The Morgan fingerprint density at radius 1 is 1.06 bits per heavy atom. The molecule has 3 heterocycles. The number of benzene rings is 2. The average molecular weight is 486 g/mol. The predicted molar refractivity (Wildman–Crippen MR) is 148 cm³/mol. The Balaban J connectivity index is 0.00000104. The van der Waals surface area contributed by atoms with Gasteiger partial charge < -0.3 is 14.5 Å². The van der Waals surface area contributed by atoms with E-state index in [1.807, 2.05) is 49.2 Å². The number of aromatic nitrogens is 1. The Morgan fingerprint density at radius 2 is 1.86 bits per heavy atom. The van der Waals surface area contributed by atoms with Crippen molar-refractivity contribution in [3.8, 4) is 16.9 Å². The molecule has 0 radical (unpaired) electrons. The van der Waals surface area contributed by atoms with E-state index in [4.69, 9.17) is 9.72 Å². The van der Waals surface area contributed by atoms with Gasteiger partial charge in [0.05, 0.1) is 7.11 Å². The van der Waals surface area contributed by atoms with E-state index >= 15 is 0 Å². The smallest absolute Gasteiger partial charge is 0.254 e. The van der Waals surface area contributed by atoms with Crippen LogP contribution in [0.1, 0.15) is 64.3 Å². The van der Waals surface area contributed by atoms with Gasteiger partial charge in [-0.15, -0.1) is 0 Å². The first-order chi connectivity index (χ1) is 17.5. The zero-order valence-corrected chi connectivity index (χ0v) is 22.1. The highest BCUT2D eigenvalue weighted by Crippen LogP contribution is 2.58. The van der Waals surface area contributed by atoms with E-state index in [-0.39, 0.29) is 12.7 Å². The maximum absolute atomic E-state index is 13.4. The molecule has 5 nitrogen and oxygen atoms in total. The third kappa shape index (κ3) is 4.25. The number of carbonyl (C=O) groups excluding carboxylic acids is 1. The molecule has 1 spiro atoms. The van der Waals surface area contributed by atoms with Crippen molar-refractivity contribution in [3.63, 3.8) is 0 Å². The van der Waals surface area contributed by atoms with E-state index in [0.717, 1.165) is 53.5 Å². The maximum Gasteiger partial charge on any atom is 0.254 e. The number of pyridine rings is 1. The standard InChI is InChI=1S/C29H31N3O2.C2H6.H2/c1-19-13-20(2)31(17-19)28(33)22-7-9-25-26(15-22)32(18-29(25)11-12-29)27-10-8-23(16-30-27)21-5-4-6-24(14-21)34-3;1-2;/h4-10,14-16,19-20H,11-13,17-18H2,1-3H3;1-2H3;1H. The molecule has 2 aliphatic heterocycles. The second-order valence-electron chi connectivity index (χ2n) is 10.4. The molecule has 5 heteroatoms. The molecule has 1 amide bonds. The van der Waals surface area contributed by atoms with E-state index in [1.165, 1.54) is 18.4 Å². The molecule has 1 saturated carbocycles. The fraction of sp³-hybridized carbons (Fsp3) is 0.419. The summed E-state index contributed by atoms with van der Waals surface area (Å²) in [5.41, 5.74) is 5.66. The molecule has 2 atom stereocenters. The molecule has 2 unspecified atom stereocenters. The van der Waals surface area contributed by atoms with Crippen LogP contribution in [0.2, 0.25) is 0 Å². The second kappa shape index (κ2) is 9.61. The summed E-state index contributed by atoms with van der Waals surface area (Å²) >= 11 is 0. The maximum atomic E-state index is 13.4. The lowest BCUT2D eigenvalue weighted by atomic mass is 9.97. The third-order valence-electron chi connectivity index (χ3n) is 7.89. The molecule has 0 N–H and O–H groups in total. The number of likely N-dealkylation sites (tertiary alicyclic amines) is 1. The lowest BCUT2D eigenvalue weighted by Gasteiger charge is -2.23. The lowest BCUT2D eigenvalue weighted by Crippen LogP contribution is -2.34. The molecular formula is C31H39N3O2. The van der Waals surface area contributed by atoms with Crippen LogP contribution in [0, 0.1) is 5.92 Å². The van der Waals surface area contributed by atoms with Gasteiger partial charge in [0.1, 0.15) is 11.6 Å². The van der Waals surface area contributed by atoms with Gasteiger partial charge in [-0.25, -0.2) is 4.98 Å². The number of anilines is 2. The number of carbonyl (C=O) groups is 1. The molecule has 3 aliphatic rings. The Kier molecular flexibility index (Phi) is 6.50. The minimum absolute atomic E-state index is 0. The van der Waals surface area contributed by atoms with Gasteiger partial charge in [0, 0.05) is 49.0 Å². The number of rotatable bonds is 4. The SMILES string of the molecule is CC.COc1cccc(-c2ccc(N3CC4(CC4)c4ccc(C(=O)N5CC(C)CC5C)cc43)nc2)c1.[HH]. The summed E-state index contributed by atoms with van der Waals surface area (Å²) in [5.74, 6) is 2.48. The fourth-order valence-corrected chi connectivity index (χ4v) is 5.86. The first kappa shape index (κ1) is 24.4. The van der Waals surface area contributed by atoms with Crippen molar-refractivity contribution in [1.29, 1.82) is 0 Å². The number of ether oxygens (including phenoxy) is 1. The van der Waals surface area contributed by atoms with Gasteiger partial charge in [-0.3, -0.25) is 4.79 Å². The van der Waals surface area contributed by atoms with Crippen LogP contribution in [0.3, 0.4) is 0 Å². The Hall–Kier alpha value is -3.34. The van der Waals surface area contributed by atoms with Crippen LogP contribution in [0.5, 0.6) is 5.75 Å². The van der Waals surface area contributed by atoms with Gasteiger partial charge in [-0.05, 0) is 79.6 Å². The summed E-state index contributed by atoms with van der Waals surface area (Å²) in [4.78, 5) is 22.6. The van der Waals surface area contributed by atoms with Gasteiger partial charge in [-0.2, -0.15) is 0 Å². The molecule has 190 valence electrons. The second-order valence-corrected chi connectivity index (χ2v) is 10.4. The van der Waals surface area contributed by atoms with Crippen molar-refractivity contribution in [2.24, 2.45) is 5.92 Å². The van der Waals surface area contributed by atoms with Gasteiger partial charge in [0.2, 0.25) is 0 Å². The first-order valence-electron chi connectivity index (χ1n) is 13.3. The van der Waals surface area contributed by atoms with Crippen LogP contribution in [0.25, 0.3) is 11.1 Å². The minimum Gasteiger partial charge on any atom is -0.497 e. The molecule has 6 rings (SSSR count). The van der Waals surface area contributed by atoms with Crippen molar-refractivity contribution in [3.05, 3.63) is 71.9 Å². The van der Waals surface area contributed by atoms with Crippen LogP contribution in [0.15, 0.2) is 60.8 Å². The zero-order valence-electron chi connectivity index (χ0n) is 22.1. The first-order valence-corrected chi connectivity index (χ1v) is 13.3. The van der Waals surface area contributed by atoms with Gasteiger partial charge in [0.25, 0.3) is 5.91 Å². The van der Waals surface area contributed by atoms with E-state index in [9.17, 15) is 4.79 Å². The number of methoxy groups -OCH3 is 1. The molecule has 1 aliphatic carbocycles. The van der Waals surface area contributed by atoms with Crippen molar-refractivity contribution in [1.82, 2.24) is 9.88 Å². The Labute approximate surface area is 216 Å². The number of nitrogens with zero attached hydrogens (tertiary/aromatic N) is 3. The van der Waals surface area contributed by atoms with Crippen LogP contribution < -0.4 is 9.64 Å². The molecule has 1 saturated heterocycles. The third-order valence-corrected chi connectivity index (χ3v) is 7.89. The van der Waals surface area contributed by atoms with E-state index in [0.29, 0.717) is 12.0 Å². The zero-order chi connectivity index (χ0) is 25.4. The average Bonchev–Trinajstić information content (AvgIpc) is 3.53. The summed E-state index contributed by atoms with van der Waals surface area (Å²) in [5, 5.41) is 0. The van der Waals surface area contributed by atoms with Crippen molar-refractivity contribution >= 4 is 17.4 Å².